The standard InChI is InChI=1S/C15H12BrClO/c1-10(18-2)11-6-7-14(15(17)9-11)12-4-3-5-13(16)8-12/h3-9H,1H2,2H3. The van der Waals surface area contributed by atoms with E-state index in [1.807, 2.05) is 42.5 Å². The minimum Gasteiger partial charge on any atom is -0.497 e. The molecule has 1 nitrogen and oxygen atoms in total. The number of methoxy groups -OCH3 is 1. The van der Waals surface area contributed by atoms with Crippen molar-refractivity contribution in [2.24, 2.45) is 0 Å². The van der Waals surface area contributed by atoms with Crippen LogP contribution in [0.25, 0.3) is 16.9 Å². The Bertz CT molecular complexity index is 593. The van der Waals surface area contributed by atoms with E-state index in [0.717, 1.165) is 21.2 Å². The van der Waals surface area contributed by atoms with Crippen molar-refractivity contribution in [2.45, 2.75) is 0 Å². The monoisotopic (exact) mass is 322 g/mol. The van der Waals surface area contributed by atoms with Gasteiger partial charge in [0.15, 0.2) is 0 Å². The maximum atomic E-state index is 6.31. The number of hydrogen-bond acceptors (Lipinski definition) is 1. The number of benzene rings is 2. The van der Waals surface area contributed by atoms with Crippen molar-refractivity contribution in [3.05, 3.63) is 64.1 Å². The van der Waals surface area contributed by atoms with Gasteiger partial charge in [0.2, 0.25) is 0 Å². The third kappa shape index (κ3) is 2.77. The molecule has 0 spiro atoms. The fraction of sp³-hybridized carbons (Fsp3) is 0.0667. The van der Waals surface area contributed by atoms with Crippen LogP contribution in [0.1, 0.15) is 5.56 Å². The first-order valence-electron chi connectivity index (χ1n) is 5.40. The lowest BCUT2D eigenvalue weighted by molar-refractivity contribution is 0.371. The lowest BCUT2D eigenvalue weighted by atomic mass is 10.0. The van der Waals surface area contributed by atoms with Crippen LogP contribution in [-0.4, -0.2) is 7.11 Å². The van der Waals surface area contributed by atoms with Gasteiger partial charge in [-0.3, -0.25) is 0 Å². The molecular formula is C15H12BrClO. The zero-order valence-corrected chi connectivity index (χ0v) is 12.3. The highest BCUT2D eigenvalue weighted by Gasteiger charge is 2.07. The molecule has 0 N–H and O–H groups in total. The van der Waals surface area contributed by atoms with E-state index in [0.29, 0.717) is 10.8 Å². The van der Waals surface area contributed by atoms with Crippen molar-refractivity contribution in [2.75, 3.05) is 7.11 Å². The molecule has 0 fully saturated rings. The Morgan fingerprint density at radius 3 is 2.61 bits per heavy atom. The first-order chi connectivity index (χ1) is 8.61. The number of ether oxygens (including phenoxy) is 1. The van der Waals surface area contributed by atoms with Crippen molar-refractivity contribution in [3.8, 4) is 11.1 Å². The zero-order chi connectivity index (χ0) is 13.1. The molecule has 2 aromatic rings. The van der Waals surface area contributed by atoms with Crippen LogP contribution in [0.3, 0.4) is 0 Å². The molecule has 0 unspecified atom stereocenters. The van der Waals surface area contributed by atoms with Gasteiger partial charge in [-0.15, -0.1) is 0 Å². The van der Waals surface area contributed by atoms with Crippen LogP contribution in [0.4, 0.5) is 0 Å². The van der Waals surface area contributed by atoms with Gasteiger partial charge in [0.05, 0.1) is 7.11 Å². The van der Waals surface area contributed by atoms with Gasteiger partial charge in [-0.1, -0.05) is 58.4 Å². The van der Waals surface area contributed by atoms with Crippen LogP contribution in [0.2, 0.25) is 5.02 Å². The molecule has 0 saturated carbocycles. The van der Waals surface area contributed by atoms with E-state index in [-0.39, 0.29) is 0 Å². The second-order valence-corrected chi connectivity index (χ2v) is 5.16. The van der Waals surface area contributed by atoms with Gasteiger partial charge in [0.25, 0.3) is 0 Å². The molecule has 0 amide bonds. The summed E-state index contributed by atoms with van der Waals surface area (Å²) in [5.74, 6) is 0.609. The summed E-state index contributed by atoms with van der Waals surface area (Å²) < 4.78 is 6.12. The van der Waals surface area contributed by atoms with Crippen molar-refractivity contribution < 1.29 is 4.74 Å². The summed E-state index contributed by atoms with van der Waals surface area (Å²) in [6, 6.07) is 13.8. The SMILES string of the molecule is C=C(OC)c1ccc(-c2cccc(Br)c2)c(Cl)c1. The molecule has 3 heteroatoms. The Balaban J connectivity index is 2.45. The molecule has 0 saturated heterocycles. The average molecular weight is 324 g/mol. The maximum Gasteiger partial charge on any atom is 0.118 e. The van der Waals surface area contributed by atoms with E-state index < -0.39 is 0 Å². The topological polar surface area (TPSA) is 9.23 Å². The van der Waals surface area contributed by atoms with E-state index in [4.69, 9.17) is 16.3 Å². The van der Waals surface area contributed by atoms with E-state index in [1.54, 1.807) is 7.11 Å². The Morgan fingerprint density at radius 2 is 2.00 bits per heavy atom. The van der Waals surface area contributed by atoms with Crippen LogP contribution in [0.5, 0.6) is 0 Å². The number of hydrogen-bond donors (Lipinski definition) is 0. The summed E-state index contributed by atoms with van der Waals surface area (Å²) >= 11 is 9.76. The van der Waals surface area contributed by atoms with Crippen LogP contribution in [0.15, 0.2) is 53.5 Å². The smallest absolute Gasteiger partial charge is 0.118 e. The van der Waals surface area contributed by atoms with Gasteiger partial charge in [0, 0.05) is 20.6 Å². The highest BCUT2D eigenvalue weighted by atomic mass is 79.9. The first kappa shape index (κ1) is 13.2. The van der Waals surface area contributed by atoms with Crippen molar-refractivity contribution in [1.82, 2.24) is 0 Å². The third-order valence-electron chi connectivity index (χ3n) is 2.67. The minimum atomic E-state index is 0.609. The fourth-order valence-corrected chi connectivity index (χ4v) is 2.39. The van der Waals surface area contributed by atoms with E-state index in [1.165, 1.54) is 0 Å². The molecule has 0 bridgehead atoms. The highest BCUT2D eigenvalue weighted by Crippen LogP contribution is 2.31. The van der Waals surface area contributed by atoms with E-state index in [2.05, 4.69) is 22.5 Å². The maximum absolute atomic E-state index is 6.31. The second kappa shape index (κ2) is 5.59. The van der Waals surface area contributed by atoms with Crippen molar-refractivity contribution >= 4 is 33.3 Å². The Labute approximate surface area is 120 Å². The molecule has 0 aliphatic carbocycles. The molecular weight excluding hydrogens is 312 g/mol. The largest absolute Gasteiger partial charge is 0.497 e. The van der Waals surface area contributed by atoms with E-state index >= 15 is 0 Å². The Morgan fingerprint density at radius 1 is 1.22 bits per heavy atom. The minimum absolute atomic E-state index is 0.609. The number of rotatable bonds is 3. The molecule has 0 aliphatic heterocycles. The van der Waals surface area contributed by atoms with Gasteiger partial charge >= 0.3 is 0 Å². The molecule has 18 heavy (non-hydrogen) atoms. The normalized spacial score (nSPS) is 10.2. The van der Waals surface area contributed by atoms with Gasteiger partial charge in [-0.2, -0.15) is 0 Å². The third-order valence-corrected chi connectivity index (χ3v) is 3.48. The summed E-state index contributed by atoms with van der Waals surface area (Å²) in [5.41, 5.74) is 2.95. The fourth-order valence-electron chi connectivity index (χ4n) is 1.70. The van der Waals surface area contributed by atoms with Gasteiger partial charge in [-0.25, -0.2) is 0 Å². The summed E-state index contributed by atoms with van der Waals surface area (Å²) in [4.78, 5) is 0. The van der Waals surface area contributed by atoms with E-state index in [9.17, 15) is 0 Å². The van der Waals surface area contributed by atoms with Gasteiger partial charge in [0.1, 0.15) is 5.76 Å². The molecule has 0 heterocycles. The van der Waals surface area contributed by atoms with Gasteiger partial charge in [-0.05, 0) is 23.8 Å². The predicted molar refractivity (Wildman–Crippen MR) is 80.6 cm³/mol. The predicted octanol–water partition coefficient (Wildman–Crippen LogP) is 5.39. The van der Waals surface area contributed by atoms with Crippen LogP contribution in [-0.2, 0) is 4.74 Å². The molecule has 0 aromatic heterocycles. The van der Waals surface area contributed by atoms with Crippen molar-refractivity contribution in [3.63, 3.8) is 0 Å². The molecule has 92 valence electrons. The number of halogens is 2. The zero-order valence-electron chi connectivity index (χ0n) is 9.91. The second-order valence-electron chi connectivity index (χ2n) is 3.83. The summed E-state index contributed by atoms with van der Waals surface area (Å²) in [7, 11) is 1.60. The lowest BCUT2D eigenvalue weighted by Crippen LogP contribution is -1.87. The Hall–Kier alpha value is -1.25. The summed E-state index contributed by atoms with van der Waals surface area (Å²) in [6.07, 6.45) is 0. The summed E-state index contributed by atoms with van der Waals surface area (Å²) in [5, 5.41) is 0.684. The summed E-state index contributed by atoms with van der Waals surface area (Å²) in [6.45, 7) is 3.81. The average Bonchev–Trinajstić information content (AvgIpc) is 2.37. The van der Waals surface area contributed by atoms with Gasteiger partial charge < -0.3 is 4.74 Å². The Kier molecular flexibility index (Phi) is 4.10. The van der Waals surface area contributed by atoms with Crippen molar-refractivity contribution in [1.29, 1.82) is 0 Å². The molecule has 2 aromatic carbocycles. The quantitative estimate of drug-likeness (QED) is 0.688. The molecule has 0 atom stereocenters. The first-order valence-corrected chi connectivity index (χ1v) is 6.57. The van der Waals surface area contributed by atoms with Crippen LogP contribution >= 0.6 is 27.5 Å². The molecule has 2 rings (SSSR count). The lowest BCUT2D eigenvalue weighted by Gasteiger charge is -2.09. The van der Waals surface area contributed by atoms with Crippen LogP contribution < -0.4 is 0 Å². The highest BCUT2D eigenvalue weighted by molar-refractivity contribution is 9.10. The van der Waals surface area contributed by atoms with Crippen LogP contribution in [0, 0.1) is 0 Å². The molecule has 0 aliphatic rings. The molecule has 0 radical (unpaired) electrons.